The summed E-state index contributed by atoms with van der Waals surface area (Å²) in [4.78, 5) is 23.0. The summed E-state index contributed by atoms with van der Waals surface area (Å²) < 4.78 is 5.87. The highest BCUT2D eigenvalue weighted by molar-refractivity contribution is 5.69. The molecule has 4 nitrogen and oxygen atoms in total. The molecule has 0 aromatic rings. The molecule has 1 N–H and O–H groups in total. The highest BCUT2D eigenvalue weighted by Gasteiger charge is 2.14. The van der Waals surface area contributed by atoms with E-state index in [-0.39, 0.29) is 18.5 Å². The predicted octanol–water partition coefficient (Wildman–Crippen LogP) is 10.9. The van der Waals surface area contributed by atoms with Crippen molar-refractivity contribution in [2.75, 3.05) is 0 Å². The molecule has 4 heteroatoms. The van der Waals surface area contributed by atoms with Gasteiger partial charge in [0.05, 0.1) is 0 Å². The summed E-state index contributed by atoms with van der Waals surface area (Å²) in [5, 5.41) is 8.75. The van der Waals surface area contributed by atoms with Crippen LogP contribution in [0.5, 0.6) is 0 Å². The van der Waals surface area contributed by atoms with Gasteiger partial charge in [-0.1, -0.05) is 142 Å². The minimum absolute atomic E-state index is 0.0169. The number of ether oxygens (including phenoxy) is 1. The van der Waals surface area contributed by atoms with E-state index >= 15 is 0 Å². The van der Waals surface area contributed by atoms with Crippen LogP contribution >= 0.6 is 0 Å². The molecule has 0 aliphatic heterocycles. The highest BCUT2D eigenvalue weighted by Crippen LogP contribution is 2.18. The second kappa shape index (κ2) is 29.5. The summed E-state index contributed by atoms with van der Waals surface area (Å²) in [6.45, 7) is 4.50. The van der Waals surface area contributed by atoms with Gasteiger partial charge in [0.25, 0.3) is 0 Å². The fraction of sp³-hybridized carbons (Fsp3) is 0.939. The third-order valence-corrected chi connectivity index (χ3v) is 7.58. The summed E-state index contributed by atoms with van der Waals surface area (Å²) in [7, 11) is 0. The first-order chi connectivity index (χ1) is 18.1. The number of unbranched alkanes of at least 4 members (excludes halogenated alkanes) is 21. The SMILES string of the molecule is CCCCCCCCCCCCCCCCCCC(=O)OC(CCCCCC)CCCCCCC(=O)O. The van der Waals surface area contributed by atoms with Gasteiger partial charge in [-0.3, -0.25) is 9.59 Å². The summed E-state index contributed by atoms with van der Waals surface area (Å²) in [5.41, 5.74) is 0. The third kappa shape index (κ3) is 29.4. The molecule has 0 fully saturated rings. The van der Waals surface area contributed by atoms with Crippen LogP contribution in [0.4, 0.5) is 0 Å². The highest BCUT2D eigenvalue weighted by atomic mass is 16.5. The average Bonchev–Trinajstić information content (AvgIpc) is 2.88. The molecule has 0 radical (unpaired) electrons. The van der Waals surface area contributed by atoms with Gasteiger partial charge in [-0.05, 0) is 38.5 Å². The maximum atomic E-state index is 12.4. The first-order valence-corrected chi connectivity index (χ1v) is 16.5. The lowest BCUT2D eigenvalue weighted by atomic mass is 10.0. The van der Waals surface area contributed by atoms with Crippen molar-refractivity contribution in [1.29, 1.82) is 0 Å². The minimum Gasteiger partial charge on any atom is -0.481 e. The molecule has 0 spiro atoms. The van der Waals surface area contributed by atoms with Crippen molar-refractivity contribution in [3.05, 3.63) is 0 Å². The molecule has 37 heavy (non-hydrogen) atoms. The molecule has 1 unspecified atom stereocenters. The van der Waals surface area contributed by atoms with Crippen LogP contribution in [0.15, 0.2) is 0 Å². The Balaban J connectivity index is 3.71. The Bertz CT molecular complexity index is 491. The van der Waals surface area contributed by atoms with E-state index in [0.29, 0.717) is 6.42 Å². The number of esters is 1. The van der Waals surface area contributed by atoms with E-state index in [2.05, 4.69) is 13.8 Å². The van der Waals surface area contributed by atoms with Crippen molar-refractivity contribution in [1.82, 2.24) is 0 Å². The number of aliphatic carboxylic acids is 1. The maximum Gasteiger partial charge on any atom is 0.306 e. The first-order valence-electron chi connectivity index (χ1n) is 16.5. The molecule has 0 saturated carbocycles. The van der Waals surface area contributed by atoms with E-state index in [9.17, 15) is 9.59 Å². The molecule has 0 rings (SSSR count). The Kier molecular flexibility index (Phi) is 28.7. The fourth-order valence-electron chi connectivity index (χ4n) is 5.13. The zero-order valence-corrected chi connectivity index (χ0v) is 25.0. The number of rotatable bonds is 30. The second-order valence-electron chi connectivity index (χ2n) is 11.4. The van der Waals surface area contributed by atoms with E-state index in [0.717, 1.165) is 57.8 Å². The second-order valence-corrected chi connectivity index (χ2v) is 11.4. The number of carbonyl (C=O) groups is 2. The van der Waals surface area contributed by atoms with Gasteiger partial charge in [0.1, 0.15) is 6.10 Å². The lowest BCUT2D eigenvalue weighted by Gasteiger charge is -2.18. The lowest BCUT2D eigenvalue weighted by Crippen LogP contribution is -2.18. The van der Waals surface area contributed by atoms with Crippen molar-refractivity contribution in [2.24, 2.45) is 0 Å². The smallest absolute Gasteiger partial charge is 0.306 e. The lowest BCUT2D eigenvalue weighted by molar-refractivity contribution is -0.150. The number of hydrogen-bond donors (Lipinski definition) is 1. The van der Waals surface area contributed by atoms with Crippen molar-refractivity contribution < 1.29 is 19.4 Å². The number of carboxylic acids is 1. The van der Waals surface area contributed by atoms with Gasteiger partial charge in [-0.2, -0.15) is 0 Å². The van der Waals surface area contributed by atoms with Crippen LogP contribution in [0.1, 0.15) is 194 Å². The normalized spacial score (nSPS) is 12.1. The van der Waals surface area contributed by atoms with Crippen molar-refractivity contribution in [3.63, 3.8) is 0 Å². The van der Waals surface area contributed by atoms with Gasteiger partial charge in [-0.25, -0.2) is 0 Å². The predicted molar refractivity (Wildman–Crippen MR) is 158 cm³/mol. The summed E-state index contributed by atoms with van der Waals surface area (Å²) in [6.07, 6.45) is 32.7. The van der Waals surface area contributed by atoms with Gasteiger partial charge < -0.3 is 9.84 Å². The molecule has 1 atom stereocenters. The molecule has 0 heterocycles. The standard InChI is InChI=1S/C33H64O4/c1-3-5-7-9-10-11-12-13-14-15-16-17-18-19-20-26-30-33(36)37-31(27-23-8-6-4-2)28-24-21-22-25-29-32(34)35/h31H,3-30H2,1-2H3,(H,34,35). The van der Waals surface area contributed by atoms with Gasteiger partial charge in [0.2, 0.25) is 0 Å². The summed E-state index contributed by atoms with van der Waals surface area (Å²) >= 11 is 0. The Morgan fingerprint density at radius 1 is 0.486 bits per heavy atom. The Morgan fingerprint density at radius 3 is 1.22 bits per heavy atom. The Labute approximate surface area is 231 Å². The van der Waals surface area contributed by atoms with Crippen LogP contribution in [0.2, 0.25) is 0 Å². The quantitative estimate of drug-likeness (QED) is 0.0749. The Morgan fingerprint density at radius 2 is 0.811 bits per heavy atom. The van der Waals surface area contributed by atoms with Crippen molar-refractivity contribution in [3.8, 4) is 0 Å². The monoisotopic (exact) mass is 524 g/mol. The summed E-state index contributed by atoms with van der Waals surface area (Å²) in [5.74, 6) is -0.728. The number of carbonyl (C=O) groups excluding carboxylic acids is 1. The Hall–Kier alpha value is -1.06. The van der Waals surface area contributed by atoms with E-state index in [1.54, 1.807) is 0 Å². The van der Waals surface area contributed by atoms with E-state index < -0.39 is 5.97 Å². The van der Waals surface area contributed by atoms with Gasteiger partial charge in [-0.15, -0.1) is 0 Å². The topological polar surface area (TPSA) is 63.6 Å². The molecule has 220 valence electrons. The van der Waals surface area contributed by atoms with Gasteiger partial charge in [0.15, 0.2) is 0 Å². The van der Waals surface area contributed by atoms with Crippen LogP contribution in [0.25, 0.3) is 0 Å². The molecule has 0 bridgehead atoms. The van der Waals surface area contributed by atoms with Crippen molar-refractivity contribution in [2.45, 2.75) is 200 Å². The minimum atomic E-state index is -0.711. The molecule has 0 aliphatic rings. The van der Waals surface area contributed by atoms with Crippen molar-refractivity contribution >= 4 is 11.9 Å². The molecule has 0 aliphatic carbocycles. The van der Waals surface area contributed by atoms with Crippen LogP contribution in [0.3, 0.4) is 0 Å². The van der Waals surface area contributed by atoms with E-state index in [1.807, 2.05) is 0 Å². The van der Waals surface area contributed by atoms with Crippen LogP contribution < -0.4 is 0 Å². The van der Waals surface area contributed by atoms with Gasteiger partial charge in [0, 0.05) is 12.8 Å². The number of hydrogen-bond acceptors (Lipinski definition) is 3. The van der Waals surface area contributed by atoms with Gasteiger partial charge >= 0.3 is 11.9 Å². The zero-order valence-electron chi connectivity index (χ0n) is 25.0. The first kappa shape index (κ1) is 35.9. The molecule has 0 saturated heterocycles. The average molecular weight is 525 g/mol. The fourth-order valence-corrected chi connectivity index (χ4v) is 5.13. The van der Waals surface area contributed by atoms with E-state index in [1.165, 1.54) is 109 Å². The molecule has 0 aromatic heterocycles. The van der Waals surface area contributed by atoms with E-state index in [4.69, 9.17) is 9.84 Å². The zero-order chi connectivity index (χ0) is 27.2. The molecule has 0 amide bonds. The largest absolute Gasteiger partial charge is 0.481 e. The molecular formula is C33H64O4. The molecular weight excluding hydrogens is 460 g/mol. The maximum absolute atomic E-state index is 12.4. The van der Waals surface area contributed by atoms with Crippen LogP contribution in [0, 0.1) is 0 Å². The third-order valence-electron chi connectivity index (χ3n) is 7.58. The van der Waals surface area contributed by atoms with Crippen LogP contribution in [-0.2, 0) is 14.3 Å². The van der Waals surface area contributed by atoms with Crippen LogP contribution in [-0.4, -0.2) is 23.1 Å². The summed E-state index contributed by atoms with van der Waals surface area (Å²) in [6, 6.07) is 0. The number of carboxylic acid groups (broad SMARTS) is 1. The molecule has 0 aromatic carbocycles.